The van der Waals surface area contributed by atoms with Crippen LogP contribution in [0.2, 0.25) is 0 Å². The molecule has 2 aliphatic rings. The van der Waals surface area contributed by atoms with Gasteiger partial charge in [0.05, 0.1) is 11.8 Å². The molecular weight excluding hydrogens is 336 g/mol. The van der Waals surface area contributed by atoms with Gasteiger partial charge in [0.15, 0.2) is 11.2 Å². The Hall–Kier alpha value is -2.16. The van der Waals surface area contributed by atoms with Gasteiger partial charge in [-0.05, 0) is 38.5 Å². The Kier molecular flexibility index (Phi) is 5.36. The van der Waals surface area contributed by atoms with Gasteiger partial charge in [0, 0.05) is 0 Å². The van der Waals surface area contributed by atoms with E-state index in [1.165, 1.54) is 0 Å². The van der Waals surface area contributed by atoms with Crippen molar-refractivity contribution in [2.75, 3.05) is 0 Å². The molecule has 9 nitrogen and oxygen atoms in total. The van der Waals surface area contributed by atoms with E-state index in [1.807, 2.05) is 0 Å². The van der Waals surface area contributed by atoms with E-state index < -0.39 is 46.9 Å². The molecule has 0 bridgehead atoms. The number of aliphatic carboxylic acids is 4. The van der Waals surface area contributed by atoms with Gasteiger partial charge in [-0.25, -0.2) is 9.59 Å². The molecule has 0 amide bonds. The van der Waals surface area contributed by atoms with Crippen LogP contribution in [0, 0.1) is 11.8 Å². The molecule has 4 N–H and O–H groups in total. The minimum Gasteiger partial charge on any atom is -0.481 e. The highest BCUT2D eigenvalue weighted by Gasteiger charge is 2.62. The fourth-order valence-corrected chi connectivity index (χ4v) is 4.10. The van der Waals surface area contributed by atoms with E-state index in [1.54, 1.807) is 0 Å². The van der Waals surface area contributed by atoms with Crippen molar-refractivity contribution in [1.29, 1.82) is 0 Å². The lowest BCUT2D eigenvalue weighted by Gasteiger charge is -2.47. The molecule has 2 rings (SSSR count). The minimum absolute atomic E-state index is 0.0368. The molecule has 0 aromatic rings. The van der Waals surface area contributed by atoms with E-state index in [-0.39, 0.29) is 25.7 Å². The zero-order chi connectivity index (χ0) is 18.8. The van der Waals surface area contributed by atoms with Gasteiger partial charge in [-0.15, -0.1) is 0 Å². The first-order valence-corrected chi connectivity index (χ1v) is 8.30. The highest BCUT2D eigenvalue weighted by Crippen LogP contribution is 2.46. The van der Waals surface area contributed by atoms with Gasteiger partial charge in [0.1, 0.15) is 0 Å². The van der Waals surface area contributed by atoms with Gasteiger partial charge in [0.2, 0.25) is 0 Å². The lowest BCUT2D eigenvalue weighted by molar-refractivity contribution is -0.241. The average Bonchev–Trinajstić information content (AvgIpc) is 2.54. The molecule has 0 spiro atoms. The molecule has 140 valence electrons. The molecule has 0 aromatic heterocycles. The van der Waals surface area contributed by atoms with Crippen LogP contribution in [0.3, 0.4) is 0 Å². The van der Waals surface area contributed by atoms with Gasteiger partial charge in [-0.3, -0.25) is 9.59 Å². The molecule has 25 heavy (non-hydrogen) atoms. The minimum atomic E-state index is -2.24. The standard InChI is InChI=1S/C16H22O9/c17-11(18)9-5-1-3-7-15(9,13(21)22)25-16(14(23)24)8-4-2-6-10(16)12(19)20/h9-10H,1-8H2,(H,17,18)(H,19,20)(H,21,22)(H,23,24). The van der Waals surface area contributed by atoms with E-state index in [0.29, 0.717) is 25.7 Å². The lowest BCUT2D eigenvalue weighted by atomic mass is 9.71. The lowest BCUT2D eigenvalue weighted by Crippen LogP contribution is -2.63. The van der Waals surface area contributed by atoms with Gasteiger partial charge in [0.25, 0.3) is 0 Å². The number of carbonyl (C=O) groups is 4. The molecule has 0 aromatic carbocycles. The van der Waals surface area contributed by atoms with E-state index in [4.69, 9.17) is 4.74 Å². The van der Waals surface area contributed by atoms with Crippen molar-refractivity contribution in [2.45, 2.75) is 62.6 Å². The zero-order valence-corrected chi connectivity index (χ0v) is 13.6. The summed E-state index contributed by atoms with van der Waals surface area (Å²) in [7, 11) is 0. The predicted octanol–water partition coefficient (Wildman–Crippen LogP) is 1.20. The Morgan fingerprint density at radius 2 is 1.04 bits per heavy atom. The molecule has 4 unspecified atom stereocenters. The van der Waals surface area contributed by atoms with Crippen LogP contribution in [0.15, 0.2) is 0 Å². The highest BCUT2D eigenvalue weighted by molar-refractivity contribution is 5.89. The van der Waals surface area contributed by atoms with Crippen LogP contribution in [0.25, 0.3) is 0 Å². The number of hydrogen-bond donors (Lipinski definition) is 4. The molecule has 0 saturated heterocycles. The van der Waals surface area contributed by atoms with Gasteiger partial charge in [-0.1, -0.05) is 12.8 Å². The average molecular weight is 358 g/mol. The third kappa shape index (κ3) is 3.20. The highest BCUT2D eigenvalue weighted by atomic mass is 16.6. The Morgan fingerprint density at radius 1 is 0.680 bits per heavy atom. The van der Waals surface area contributed by atoms with E-state index in [2.05, 4.69) is 0 Å². The van der Waals surface area contributed by atoms with Crippen LogP contribution in [-0.4, -0.2) is 55.5 Å². The molecule has 2 aliphatic carbocycles. The summed E-state index contributed by atoms with van der Waals surface area (Å²) in [5, 5.41) is 38.3. The molecule has 0 aliphatic heterocycles. The van der Waals surface area contributed by atoms with E-state index >= 15 is 0 Å². The summed E-state index contributed by atoms with van der Waals surface area (Å²) < 4.78 is 5.62. The van der Waals surface area contributed by atoms with Crippen molar-refractivity contribution >= 4 is 23.9 Å². The summed E-state index contributed by atoms with van der Waals surface area (Å²) in [6.45, 7) is 0. The third-order valence-electron chi connectivity index (χ3n) is 5.39. The molecule has 4 atom stereocenters. The summed E-state index contributed by atoms with van der Waals surface area (Å²) in [5.74, 6) is -8.74. The quantitative estimate of drug-likeness (QED) is 0.547. The van der Waals surface area contributed by atoms with Crippen molar-refractivity contribution < 1.29 is 44.3 Å². The second-order valence-corrected chi connectivity index (χ2v) is 6.76. The van der Waals surface area contributed by atoms with Gasteiger partial charge >= 0.3 is 23.9 Å². The van der Waals surface area contributed by atoms with Gasteiger partial charge in [-0.2, -0.15) is 0 Å². The predicted molar refractivity (Wildman–Crippen MR) is 81.0 cm³/mol. The number of rotatable bonds is 6. The number of hydrogen-bond acceptors (Lipinski definition) is 5. The molecule has 2 saturated carbocycles. The van der Waals surface area contributed by atoms with Crippen molar-refractivity contribution in [3.05, 3.63) is 0 Å². The topological polar surface area (TPSA) is 158 Å². The van der Waals surface area contributed by atoms with Crippen molar-refractivity contribution in [2.24, 2.45) is 11.8 Å². The summed E-state index contributed by atoms with van der Waals surface area (Å²) >= 11 is 0. The second-order valence-electron chi connectivity index (χ2n) is 6.76. The fraction of sp³-hybridized carbons (Fsp3) is 0.750. The Morgan fingerprint density at radius 3 is 1.32 bits per heavy atom. The largest absolute Gasteiger partial charge is 0.481 e. The fourth-order valence-electron chi connectivity index (χ4n) is 4.10. The van der Waals surface area contributed by atoms with Crippen LogP contribution < -0.4 is 0 Å². The smallest absolute Gasteiger partial charge is 0.336 e. The SMILES string of the molecule is O=C(O)C1CCCCC1(OC1(C(=O)O)CCCCC1C(=O)O)C(=O)O. The van der Waals surface area contributed by atoms with Crippen molar-refractivity contribution in [3.63, 3.8) is 0 Å². The molecular formula is C16H22O9. The van der Waals surface area contributed by atoms with Crippen LogP contribution in [0.4, 0.5) is 0 Å². The summed E-state index contributed by atoms with van der Waals surface area (Å²) in [6.07, 6.45) is 1.44. The van der Waals surface area contributed by atoms with E-state index in [9.17, 15) is 39.6 Å². The van der Waals surface area contributed by atoms with E-state index in [0.717, 1.165) is 0 Å². The third-order valence-corrected chi connectivity index (χ3v) is 5.39. The first kappa shape index (κ1) is 19.2. The maximum Gasteiger partial charge on any atom is 0.336 e. The summed E-state index contributed by atoms with van der Waals surface area (Å²) in [4.78, 5) is 47.2. The number of carboxylic acids is 4. The Bertz CT molecular complexity index is 536. The monoisotopic (exact) mass is 358 g/mol. The van der Waals surface area contributed by atoms with Gasteiger partial charge < -0.3 is 25.2 Å². The Balaban J connectivity index is 2.53. The number of ether oxygens (including phenoxy) is 1. The first-order valence-electron chi connectivity index (χ1n) is 8.30. The van der Waals surface area contributed by atoms with Crippen molar-refractivity contribution in [1.82, 2.24) is 0 Å². The molecule has 0 heterocycles. The molecule has 2 fully saturated rings. The maximum atomic E-state index is 12.0. The van der Waals surface area contributed by atoms with Crippen LogP contribution in [0.1, 0.15) is 51.4 Å². The van der Waals surface area contributed by atoms with Crippen LogP contribution in [0.5, 0.6) is 0 Å². The molecule has 0 radical (unpaired) electrons. The number of carboxylic acid groups (broad SMARTS) is 4. The van der Waals surface area contributed by atoms with Crippen LogP contribution >= 0.6 is 0 Å². The maximum absolute atomic E-state index is 12.0. The first-order chi connectivity index (χ1) is 11.7. The Labute approximate surface area is 143 Å². The zero-order valence-electron chi connectivity index (χ0n) is 13.6. The summed E-state index contributed by atoms with van der Waals surface area (Å²) in [5.41, 5.74) is -4.49. The normalized spacial score (nSPS) is 35.7. The second kappa shape index (κ2) is 6.99. The molecule has 9 heteroatoms. The summed E-state index contributed by atoms with van der Waals surface area (Å²) in [6, 6.07) is 0. The van der Waals surface area contributed by atoms with Crippen molar-refractivity contribution in [3.8, 4) is 0 Å². The van der Waals surface area contributed by atoms with Crippen LogP contribution in [-0.2, 0) is 23.9 Å².